The van der Waals surface area contributed by atoms with Gasteiger partial charge in [-0.25, -0.2) is 0 Å². The molecule has 2 nitrogen and oxygen atoms in total. The van der Waals surface area contributed by atoms with E-state index in [-0.39, 0.29) is 5.41 Å². The number of nitrogens with zero attached hydrogens (tertiary/aromatic N) is 2. The first-order chi connectivity index (χ1) is 15.3. The molecule has 0 aliphatic rings. The summed E-state index contributed by atoms with van der Waals surface area (Å²) in [5.74, 6) is 1.72. The third-order valence-corrected chi connectivity index (χ3v) is 7.05. The largest absolute Gasteiger partial charge is 0.257 e. The molecular weight excluding hydrogens is 400 g/mol. The first kappa shape index (κ1) is 27.0. The summed E-state index contributed by atoms with van der Waals surface area (Å²) in [6.45, 7) is 26.9. The maximum Gasteiger partial charge on any atom is 0.0698 e. The average molecular weight is 447 g/mol. The summed E-state index contributed by atoms with van der Waals surface area (Å²) in [5, 5.41) is 0. The van der Waals surface area contributed by atoms with Crippen LogP contribution in [0.25, 0.3) is 0 Å². The Morgan fingerprint density at radius 3 is 1.00 bits per heavy atom. The molecule has 2 heteroatoms. The van der Waals surface area contributed by atoms with Crippen molar-refractivity contribution >= 4 is 22.8 Å². The van der Waals surface area contributed by atoms with Crippen molar-refractivity contribution in [2.75, 3.05) is 0 Å². The quantitative estimate of drug-likeness (QED) is 0.360. The third kappa shape index (κ3) is 6.02. The first-order valence-corrected chi connectivity index (χ1v) is 12.7. The molecule has 0 bridgehead atoms. The summed E-state index contributed by atoms with van der Waals surface area (Å²) in [7, 11) is 0. The van der Waals surface area contributed by atoms with Crippen LogP contribution in [0, 0.1) is 5.41 Å². The molecule has 0 unspecified atom stereocenters. The molecule has 0 atom stereocenters. The van der Waals surface area contributed by atoms with Gasteiger partial charge in [-0.15, -0.1) is 0 Å². The molecule has 0 saturated heterocycles. The van der Waals surface area contributed by atoms with Gasteiger partial charge < -0.3 is 0 Å². The minimum atomic E-state index is -0.253. The van der Waals surface area contributed by atoms with E-state index in [2.05, 4.69) is 119 Å². The van der Waals surface area contributed by atoms with Crippen LogP contribution in [0.4, 0.5) is 11.4 Å². The van der Waals surface area contributed by atoms with E-state index in [1.165, 1.54) is 22.3 Å². The van der Waals surface area contributed by atoms with Crippen LogP contribution in [0.1, 0.15) is 129 Å². The lowest BCUT2D eigenvalue weighted by Crippen LogP contribution is -2.30. The summed E-state index contributed by atoms with van der Waals surface area (Å²) < 4.78 is 0. The van der Waals surface area contributed by atoms with Gasteiger partial charge in [0.25, 0.3) is 0 Å². The fourth-order valence-electron chi connectivity index (χ4n) is 4.16. The highest BCUT2D eigenvalue weighted by atomic mass is 14.8. The Kier molecular flexibility index (Phi) is 8.85. The number of hydrogen-bond donors (Lipinski definition) is 0. The van der Waals surface area contributed by atoms with Crippen LogP contribution in [-0.4, -0.2) is 11.4 Å². The van der Waals surface area contributed by atoms with Crippen molar-refractivity contribution in [3.05, 3.63) is 58.7 Å². The van der Waals surface area contributed by atoms with Gasteiger partial charge in [-0.05, 0) is 73.6 Å². The lowest BCUT2D eigenvalue weighted by molar-refractivity contribution is 0.716. The van der Waals surface area contributed by atoms with Crippen molar-refractivity contribution in [2.24, 2.45) is 15.4 Å². The van der Waals surface area contributed by atoms with E-state index in [1.807, 2.05) is 0 Å². The first-order valence-electron chi connectivity index (χ1n) is 12.7. The fourth-order valence-corrected chi connectivity index (χ4v) is 4.16. The summed E-state index contributed by atoms with van der Waals surface area (Å²) in [4.78, 5) is 10.6. The van der Waals surface area contributed by atoms with Gasteiger partial charge in [-0.3, -0.25) is 9.98 Å². The predicted octanol–water partition coefficient (Wildman–Crippen LogP) is 10.1. The molecule has 33 heavy (non-hydrogen) atoms. The van der Waals surface area contributed by atoms with Gasteiger partial charge in [-0.1, -0.05) is 91.8 Å². The van der Waals surface area contributed by atoms with E-state index >= 15 is 0 Å². The summed E-state index contributed by atoms with van der Waals surface area (Å²) >= 11 is 0. The lowest BCUT2D eigenvalue weighted by atomic mass is 9.82. The molecule has 0 fully saturated rings. The van der Waals surface area contributed by atoms with Crippen molar-refractivity contribution < 1.29 is 0 Å². The number of benzene rings is 2. The normalized spacial score (nSPS) is 13.7. The second kappa shape index (κ2) is 10.8. The summed E-state index contributed by atoms with van der Waals surface area (Å²) in [5.41, 5.74) is 9.51. The zero-order chi connectivity index (χ0) is 25.1. The highest BCUT2D eigenvalue weighted by Gasteiger charge is 2.27. The molecule has 180 valence electrons. The predicted molar refractivity (Wildman–Crippen MR) is 149 cm³/mol. The van der Waals surface area contributed by atoms with Gasteiger partial charge in [0.1, 0.15) is 0 Å². The molecule has 2 aromatic rings. The van der Waals surface area contributed by atoms with Gasteiger partial charge in [0.2, 0.25) is 0 Å². The van der Waals surface area contributed by atoms with Crippen LogP contribution in [0.3, 0.4) is 0 Å². The van der Waals surface area contributed by atoms with Crippen LogP contribution in [-0.2, 0) is 0 Å². The Balaban J connectivity index is 2.65. The van der Waals surface area contributed by atoms with Crippen LogP contribution in [0.2, 0.25) is 0 Å². The molecule has 2 rings (SSSR count). The molecule has 0 saturated carbocycles. The van der Waals surface area contributed by atoms with Crippen molar-refractivity contribution in [2.45, 2.75) is 107 Å². The minimum Gasteiger partial charge on any atom is -0.257 e. The van der Waals surface area contributed by atoms with Gasteiger partial charge >= 0.3 is 0 Å². The maximum atomic E-state index is 5.29. The zero-order valence-corrected chi connectivity index (χ0v) is 23.2. The van der Waals surface area contributed by atoms with Crippen molar-refractivity contribution in [1.29, 1.82) is 0 Å². The van der Waals surface area contributed by atoms with E-state index in [4.69, 9.17) is 9.98 Å². The van der Waals surface area contributed by atoms with Gasteiger partial charge in [0.05, 0.1) is 11.4 Å². The molecule has 0 aromatic heterocycles. The van der Waals surface area contributed by atoms with E-state index in [1.54, 1.807) is 0 Å². The number of para-hydroxylation sites is 2. The number of aliphatic imine (C=N–C) groups is 2. The zero-order valence-electron chi connectivity index (χ0n) is 23.2. The van der Waals surface area contributed by atoms with Crippen molar-refractivity contribution in [3.8, 4) is 0 Å². The number of rotatable bonds is 8. The monoisotopic (exact) mass is 446 g/mol. The van der Waals surface area contributed by atoms with Gasteiger partial charge in [0.15, 0.2) is 0 Å². The van der Waals surface area contributed by atoms with E-state index < -0.39 is 0 Å². The van der Waals surface area contributed by atoms with Crippen molar-refractivity contribution in [1.82, 2.24) is 0 Å². The Hall–Kier alpha value is -2.22. The average Bonchev–Trinajstić information content (AvgIpc) is 2.72. The topological polar surface area (TPSA) is 24.7 Å². The molecule has 0 aliphatic carbocycles. The summed E-state index contributed by atoms with van der Waals surface area (Å²) in [6, 6.07) is 13.3. The smallest absolute Gasteiger partial charge is 0.0698 e. The maximum absolute atomic E-state index is 5.29. The Morgan fingerprint density at radius 2 is 0.788 bits per heavy atom. The highest BCUT2D eigenvalue weighted by Crippen LogP contribution is 2.38. The van der Waals surface area contributed by atoms with E-state index in [9.17, 15) is 0 Å². The highest BCUT2D eigenvalue weighted by molar-refractivity contribution is 6.10. The standard InChI is InChI=1S/C31H46N2/c1-19(2)25-15-13-16-26(20(3)4)29(25)32-23(9)31(11,12)24(10)33-30-27(21(5)6)17-14-18-28(30)22(7)8/h13-22H,1-12H3. The molecule has 0 radical (unpaired) electrons. The van der Waals surface area contributed by atoms with Crippen molar-refractivity contribution in [3.63, 3.8) is 0 Å². The fraction of sp³-hybridized carbons (Fsp3) is 0.548. The molecule has 0 N–H and O–H groups in total. The molecule has 0 amide bonds. The van der Waals surface area contributed by atoms with Crippen LogP contribution < -0.4 is 0 Å². The van der Waals surface area contributed by atoms with E-state index in [0.717, 1.165) is 22.8 Å². The molecule has 0 aliphatic heterocycles. The molecular formula is C31H46N2. The Bertz CT molecular complexity index is 883. The van der Waals surface area contributed by atoms with E-state index in [0.29, 0.717) is 23.7 Å². The van der Waals surface area contributed by atoms with Crippen LogP contribution in [0.15, 0.2) is 46.4 Å². The van der Waals surface area contributed by atoms with Gasteiger partial charge in [-0.2, -0.15) is 0 Å². The summed E-state index contributed by atoms with van der Waals surface area (Å²) in [6.07, 6.45) is 0. The van der Waals surface area contributed by atoms with Gasteiger partial charge in [0, 0.05) is 16.8 Å². The SMILES string of the molecule is CC(=Nc1c(C(C)C)cccc1C(C)C)C(C)(C)C(C)=Nc1c(C(C)C)cccc1C(C)C. The second-order valence-corrected chi connectivity index (χ2v) is 11.2. The second-order valence-electron chi connectivity index (χ2n) is 11.2. The van der Waals surface area contributed by atoms with Crippen LogP contribution >= 0.6 is 0 Å². The number of hydrogen-bond acceptors (Lipinski definition) is 2. The lowest BCUT2D eigenvalue weighted by Gasteiger charge is -2.27. The Morgan fingerprint density at radius 1 is 0.545 bits per heavy atom. The minimum absolute atomic E-state index is 0.253. The Labute approximate surface area is 203 Å². The molecule has 0 spiro atoms. The van der Waals surface area contributed by atoms with Crippen LogP contribution in [0.5, 0.6) is 0 Å². The molecule has 0 heterocycles. The third-order valence-electron chi connectivity index (χ3n) is 7.05. The molecule has 2 aromatic carbocycles.